The third kappa shape index (κ3) is 2.87. The van der Waals surface area contributed by atoms with Gasteiger partial charge in [0.25, 0.3) is 0 Å². The third-order valence-corrected chi connectivity index (χ3v) is 3.95. The fourth-order valence-electron chi connectivity index (χ4n) is 1.76. The molecule has 1 heterocycles. The number of carboxylic acids is 1. The molecule has 1 N–H and O–H groups in total. The van der Waals surface area contributed by atoms with E-state index in [-0.39, 0.29) is 26.2 Å². The Morgan fingerprint density at radius 2 is 1.85 bits per heavy atom. The lowest BCUT2D eigenvalue weighted by Crippen LogP contribution is -2.05. The zero-order valence-electron chi connectivity index (χ0n) is 9.83. The van der Waals surface area contributed by atoms with Gasteiger partial charge < -0.3 is 5.11 Å². The molecule has 0 bridgehead atoms. The first-order valence-electron chi connectivity index (χ1n) is 5.40. The van der Waals surface area contributed by atoms with Crippen LogP contribution in [-0.2, 0) is 11.2 Å². The van der Waals surface area contributed by atoms with Gasteiger partial charge in [-0.15, -0.1) is 0 Å². The lowest BCUT2D eigenvalue weighted by molar-refractivity contribution is -0.136. The molecule has 2 rings (SSSR count). The number of aromatic nitrogens is 1. The molecule has 0 aliphatic carbocycles. The number of hydrogen-bond donors (Lipinski definition) is 1. The Morgan fingerprint density at radius 1 is 1.15 bits per heavy atom. The van der Waals surface area contributed by atoms with Crippen molar-refractivity contribution in [2.24, 2.45) is 0 Å². The van der Waals surface area contributed by atoms with E-state index in [1.54, 1.807) is 6.07 Å². The van der Waals surface area contributed by atoms with Crippen LogP contribution in [-0.4, -0.2) is 16.1 Å². The highest BCUT2D eigenvalue weighted by molar-refractivity contribution is 6.49. The van der Waals surface area contributed by atoms with Gasteiger partial charge in [0, 0.05) is 22.9 Å². The van der Waals surface area contributed by atoms with Crippen molar-refractivity contribution in [3.8, 4) is 11.1 Å². The lowest BCUT2D eigenvalue weighted by Gasteiger charge is -2.11. The third-order valence-electron chi connectivity index (χ3n) is 2.66. The summed E-state index contributed by atoms with van der Waals surface area (Å²) in [6, 6.07) is 3.04. The van der Waals surface area contributed by atoms with Crippen LogP contribution in [0.25, 0.3) is 11.1 Å². The largest absolute Gasteiger partial charge is 0.481 e. The molecule has 3 nitrogen and oxygen atoms in total. The van der Waals surface area contributed by atoms with Gasteiger partial charge in [-0.2, -0.15) is 0 Å². The van der Waals surface area contributed by atoms with Crippen LogP contribution in [0.15, 0.2) is 24.5 Å². The van der Waals surface area contributed by atoms with Crippen LogP contribution in [0, 0.1) is 5.82 Å². The predicted molar refractivity (Wildman–Crippen MR) is 76.0 cm³/mol. The number of hydrogen-bond acceptors (Lipinski definition) is 2. The maximum Gasteiger partial charge on any atom is 0.307 e. The number of benzene rings is 1. The Morgan fingerprint density at radius 3 is 2.50 bits per heavy atom. The van der Waals surface area contributed by atoms with Gasteiger partial charge >= 0.3 is 5.97 Å². The van der Waals surface area contributed by atoms with E-state index in [2.05, 4.69) is 4.98 Å². The number of carbonyl (C=O) groups is 1. The minimum Gasteiger partial charge on any atom is -0.481 e. The molecule has 0 spiro atoms. The maximum absolute atomic E-state index is 13.8. The minimum absolute atomic E-state index is 0.00668. The number of nitrogens with zero attached hydrogens (tertiary/aromatic N) is 1. The molecule has 104 valence electrons. The van der Waals surface area contributed by atoms with Crippen molar-refractivity contribution < 1.29 is 14.3 Å². The second-order valence-electron chi connectivity index (χ2n) is 3.94. The molecule has 0 amide bonds. The molecule has 0 atom stereocenters. The van der Waals surface area contributed by atoms with E-state index in [0.717, 1.165) is 6.20 Å². The number of aliphatic carboxylic acids is 1. The highest BCUT2D eigenvalue weighted by atomic mass is 35.5. The number of halogens is 4. The summed E-state index contributed by atoms with van der Waals surface area (Å²) in [6.45, 7) is 0. The van der Waals surface area contributed by atoms with Gasteiger partial charge in [-0.05, 0) is 6.07 Å². The molecule has 20 heavy (non-hydrogen) atoms. The summed E-state index contributed by atoms with van der Waals surface area (Å²) in [5.41, 5.74) is 0.646. The normalized spacial score (nSPS) is 10.6. The first-order chi connectivity index (χ1) is 9.41. The molecule has 1 aromatic heterocycles. The smallest absolute Gasteiger partial charge is 0.307 e. The second-order valence-corrected chi connectivity index (χ2v) is 5.10. The van der Waals surface area contributed by atoms with Crippen molar-refractivity contribution in [2.75, 3.05) is 0 Å². The molecular formula is C13H7Cl3FNO2. The van der Waals surface area contributed by atoms with E-state index >= 15 is 0 Å². The van der Waals surface area contributed by atoms with Crippen LogP contribution in [0.2, 0.25) is 15.1 Å². The quantitative estimate of drug-likeness (QED) is 0.842. The zero-order valence-corrected chi connectivity index (χ0v) is 12.1. The van der Waals surface area contributed by atoms with E-state index in [9.17, 15) is 9.18 Å². The molecule has 0 saturated carbocycles. The van der Waals surface area contributed by atoms with Crippen LogP contribution in [0.5, 0.6) is 0 Å². The van der Waals surface area contributed by atoms with Gasteiger partial charge in [0.2, 0.25) is 0 Å². The topological polar surface area (TPSA) is 50.2 Å². The van der Waals surface area contributed by atoms with Crippen molar-refractivity contribution in [1.82, 2.24) is 4.98 Å². The van der Waals surface area contributed by atoms with Gasteiger partial charge in [0.1, 0.15) is 5.82 Å². The van der Waals surface area contributed by atoms with E-state index in [1.807, 2.05) is 0 Å². The molecule has 0 aliphatic rings. The molecular weight excluding hydrogens is 328 g/mol. The Balaban J connectivity index is 2.67. The molecule has 0 aliphatic heterocycles. The summed E-state index contributed by atoms with van der Waals surface area (Å²) in [5.74, 6) is -1.88. The second kappa shape index (κ2) is 5.95. The summed E-state index contributed by atoms with van der Waals surface area (Å²) in [6.07, 6.45) is 1.81. The molecule has 0 fully saturated rings. The maximum atomic E-state index is 13.8. The van der Waals surface area contributed by atoms with Gasteiger partial charge in [0.05, 0.1) is 27.7 Å². The molecule has 2 aromatic rings. The van der Waals surface area contributed by atoms with Crippen LogP contribution in [0.3, 0.4) is 0 Å². The summed E-state index contributed by atoms with van der Waals surface area (Å²) in [5, 5.41) is 9.36. The van der Waals surface area contributed by atoms with Gasteiger partial charge in [-0.1, -0.05) is 40.9 Å². The number of pyridine rings is 1. The minimum atomic E-state index is -1.16. The van der Waals surface area contributed by atoms with Crippen LogP contribution < -0.4 is 0 Å². The van der Waals surface area contributed by atoms with Crippen LogP contribution in [0.4, 0.5) is 4.39 Å². The molecule has 0 radical (unpaired) electrons. The van der Waals surface area contributed by atoms with Gasteiger partial charge in [-0.25, -0.2) is 4.39 Å². The van der Waals surface area contributed by atoms with Crippen molar-refractivity contribution in [2.45, 2.75) is 6.42 Å². The zero-order chi connectivity index (χ0) is 14.9. The average Bonchev–Trinajstić information content (AvgIpc) is 2.39. The monoisotopic (exact) mass is 333 g/mol. The fourth-order valence-corrected chi connectivity index (χ4v) is 2.40. The van der Waals surface area contributed by atoms with Crippen molar-refractivity contribution in [3.05, 3.63) is 51.0 Å². The Bertz CT molecular complexity index is 692. The Hall–Kier alpha value is -1.36. The van der Waals surface area contributed by atoms with Crippen LogP contribution in [0.1, 0.15) is 5.56 Å². The Labute approximate surface area is 128 Å². The van der Waals surface area contributed by atoms with Crippen molar-refractivity contribution in [1.29, 1.82) is 0 Å². The standard InChI is InChI=1S/C13H7Cl3FNO2/c14-9-2-1-6(12(15)13(9)16)8-4-18-5-10(17)7(8)3-11(19)20/h1-2,4-5H,3H2,(H,19,20). The van der Waals surface area contributed by atoms with E-state index in [0.29, 0.717) is 5.56 Å². The summed E-state index contributed by atoms with van der Waals surface area (Å²) in [7, 11) is 0. The van der Waals surface area contributed by atoms with E-state index < -0.39 is 18.2 Å². The highest BCUT2D eigenvalue weighted by Gasteiger charge is 2.18. The SMILES string of the molecule is O=C(O)Cc1c(F)cncc1-c1ccc(Cl)c(Cl)c1Cl. The summed E-state index contributed by atoms with van der Waals surface area (Å²) in [4.78, 5) is 14.6. The van der Waals surface area contributed by atoms with Gasteiger partial charge in [-0.3, -0.25) is 9.78 Å². The average molecular weight is 335 g/mol. The van der Waals surface area contributed by atoms with E-state index in [4.69, 9.17) is 39.9 Å². The highest BCUT2D eigenvalue weighted by Crippen LogP contribution is 2.39. The fraction of sp³-hybridized carbons (Fsp3) is 0.0769. The summed E-state index contributed by atoms with van der Waals surface area (Å²) < 4.78 is 13.8. The van der Waals surface area contributed by atoms with E-state index in [1.165, 1.54) is 12.3 Å². The lowest BCUT2D eigenvalue weighted by atomic mass is 9.99. The number of rotatable bonds is 3. The molecule has 7 heteroatoms. The first kappa shape index (κ1) is 15.0. The summed E-state index contributed by atoms with van der Waals surface area (Å²) >= 11 is 17.8. The number of carboxylic acid groups (broad SMARTS) is 1. The Kier molecular flexibility index (Phi) is 4.48. The van der Waals surface area contributed by atoms with Crippen molar-refractivity contribution in [3.63, 3.8) is 0 Å². The molecule has 0 saturated heterocycles. The van der Waals surface area contributed by atoms with Crippen LogP contribution >= 0.6 is 34.8 Å². The van der Waals surface area contributed by atoms with Gasteiger partial charge in [0.15, 0.2) is 0 Å². The predicted octanol–water partition coefficient (Wildman–Crippen LogP) is 4.48. The van der Waals surface area contributed by atoms with Crippen molar-refractivity contribution >= 4 is 40.8 Å². The first-order valence-corrected chi connectivity index (χ1v) is 6.53. The molecule has 0 unspecified atom stereocenters. The molecule has 1 aromatic carbocycles.